The fourth-order valence-electron chi connectivity index (χ4n) is 3.95. The highest BCUT2D eigenvalue weighted by Crippen LogP contribution is 2.36. The lowest BCUT2D eigenvalue weighted by Gasteiger charge is -2.19. The molecule has 1 unspecified atom stereocenters. The summed E-state index contributed by atoms with van der Waals surface area (Å²) in [7, 11) is 0. The molecule has 110 valence electrons. The number of benzene rings is 1. The SMILES string of the molecule is Cc1cn(C2CCCC2)c(NC2CCc3ccccc32)n1. The van der Waals surface area contributed by atoms with Gasteiger partial charge in [-0.3, -0.25) is 0 Å². The first-order valence-electron chi connectivity index (χ1n) is 8.21. The zero-order valence-electron chi connectivity index (χ0n) is 12.7. The van der Waals surface area contributed by atoms with Crippen LogP contribution in [0.3, 0.4) is 0 Å². The number of hydrogen-bond donors (Lipinski definition) is 1. The van der Waals surface area contributed by atoms with Crippen LogP contribution in [0.25, 0.3) is 0 Å². The van der Waals surface area contributed by atoms with Gasteiger partial charge in [0.25, 0.3) is 0 Å². The predicted molar refractivity (Wildman–Crippen MR) is 85.6 cm³/mol. The van der Waals surface area contributed by atoms with E-state index in [1.807, 2.05) is 0 Å². The summed E-state index contributed by atoms with van der Waals surface area (Å²) in [5.74, 6) is 1.07. The number of nitrogens with zero attached hydrogens (tertiary/aromatic N) is 2. The minimum Gasteiger partial charge on any atom is -0.349 e. The molecule has 3 nitrogen and oxygen atoms in total. The van der Waals surface area contributed by atoms with Crippen molar-refractivity contribution in [2.45, 2.75) is 57.5 Å². The Bertz CT molecular complexity index is 638. The van der Waals surface area contributed by atoms with Crippen molar-refractivity contribution in [1.82, 2.24) is 9.55 Å². The number of anilines is 1. The fourth-order valence-corrected chi connectivity index (χ4v) is 3.95. The van der Waals surface area contributed by atoms with Gasteiger partial charge in [0.2, 0.25) is 5.95 Å². The molecule has 0 amide bonds. The third kappa shape index (κ3) is 2.35. The smallest absolute Gasteiger partial charge is 0.203 e. The van der Waals surface area contributed by atoms with Gasteiger partial charge in [0, 0.05) is 12.2 Å². The number of nitrogens with one attached hydrogen (secondary N) is 1. The van der Waals surface area contributed by atoms with Crippen LogP contribution in [0.2, 0.25) is 0 Å². The standard InChI is InChI=1S/C18H23N3/c1-13-12-21(15-7-3-4-8-15)18(19-13)20-17-11-10-14-6-2-5-9-16(14)17/h2,5-6,9,12,15,17H,3-4,7-8,10-11H2,1H3,(H,19,20). The van der Waals surface area contributed by atoms with Crippen molar-refractivity contribution in [2.75, 3.05) is 5.32 Å². The quantitative estimate of drug-likeness (QED) is 0.903. The minimum atomic E-state index is 0.420. The molecule has 4 rings (SSSR count). The normalized spacial score (nSPS) is 21.7. The summed E-state index contributed by atoms with van der Waals surface area (Å²) in [6.07, 6.45) is 9.88. The van der Waals surface area contributed by atoms with Crippen LogP contribution < -0.4 is 5.32 Å². The summed E-state index contributed by atoms with van der Waals surface area (Å²) in [4.78, 5) is 4.74. The number of imidazole rings is 1. The monoisotopic (exact) mass is 281 g/mol. The van der Waals surface area contributed by atoms with Crippen LogP contribution in [0, 0.1) is 6.92 Å². The number of aryl methyl sites for hydroxylation is 2. The van der Waals surface area contributed by atoms with Crippen LogP contribution >= 0.6 is 0 Å². The summed E-state index contributed by atoms with van der Waals surface area (Å²) in [5, 5.41) is 3.72. The van der Waals surface area contributed by atoms with Gasteiger partial charge in [0.1, 0.15) is 0 Å². The molecule has 1 heterocycles. The summed E-state index contributed by atoms with van der Waals surface area (Å²) in [6, 6.07) is 9.87. The second kappa shape index (κ2) is 5.21. The number of fused-ring (bicyclic) bond motifs is 1. The van der Waals surface area contributed by atoms with Gasteiger partial charge in [-0.1, -0.05) is 37.1 Å². The highest BCUT2D eigenvalue weighted by atomic mass is 15.2. The fraction of sp³-hybridized carbons (Fsp3) is 0.500. The third-order valence-electron chi connectivity index (χ3n) is 5.01. The molecule has 0 aliphatic heterocycles. The maximum absolute atomic E-state index is 4.74. The van der Waals surface area contributed by atoms with E-state index < -0.39 is 0 Å². The zero-order chi connectivity index (χ0) is 14.2. The molecule has 2 aliphatic carbocycles. The van der Waals surface area contributed by atoms with Crippen molar-refractivity contribution in [2.24, 2.45) is 0 Å². The first-order valence-corrected chi connectivity index (χ1v) is 8.21. The molecular weight excluding hydrogens is 258 g/mol. The Labute approximate surface area is 126 Å². The van der Waals surface area contributed by atoms with E-state index >= 15 is 0 Å². The molecule has 1 saturated carbocycles. The maximum Gasteiger partial charge on any atom is 0.203 e. The van der Waals surface area contributed by atoms with Crippen LogP contribution in [0.15, 0.2) is 30.5 Å². The van der Waals surface area contributed by atoms with Gasteiger partial charge in [0.15, 0.2) is 0 Å². The van der Waals surface area contributed by atoms with E-state index in [2.05, 4.69) is 47.3 Å². The number of aromatic nitrogens is 2. The van der Waals surface area contributed by atoms with Crippen LogP contribution in [0.1, 0.15) is 61.0 Å². The molecule has 0 bridgehead atoms. The van der Waals surface area contributed by atoms with Gasteiger partial charge in [-0.15, -0.1) is 0 Å². The van der Waals surface area contributed by atoms with Crippen LogP contribution in [0.5, 0.6) is 0 Å². The molecule has 1 aromatic carbocycles. The first kappa shape index (κ1) is 12.9. The largest absolute Gasteiger partial charge is 0.349 e. The Kier molecular flexibility index (Phi) is 3.21. The highest BCUT2D eigenvalue weighted by molar-refractivity contribution is 5.41. The maximum atomic E-state index is 4.74. The predicted octanol–water partition coefficient (Wildman–Crippen LogP) is 4.41. The molecule has 0 saturated heterocycles. The molecular formula is C18H23N3. The third-order valence-corrected chi connectivity index (χ3v) is 5.01. The van der Waals surface area contributed by atoms with E-state index in [9.17, 15) is 0 Å². The molecule has 3 heteroatoms. The van der Waals surface area contributed by atoms with Crippen molar-refractivity contribution in [1.29, 1.82) is 0 Å². The molecule has 2 aromatic rings. The Morgan fingerprint density at radius 3 is 2.81 bits per heavy atom. The van der Waals surface area contributed by atoms with Crippen LogP contribution in [-0.4, -0.2) is 9.55 Å². The van der Waals surface area contributed by atoms with E-state index in [1.165, 1.54) is 49.7 Å². The van der Waals surface area contributed by atoms with Gasteiger partial charge in [-0.05, 0) is 43.7 Å². The second-order valence-electron chi connectivity index (χ2n) is 6.49. The Morgan fingerprint density at radius 2 is 1.95 bits per heavy atom. The van der Waals surface area contributed by atoms with Gasteiger partial charge in [-0.25, -0.2) is 4.98 Å². The molecule has 1 atom stereocenters. The Morgan fingerprint density at radius 1 is 1.14 bits per heavy atom. The number of rotatable bonds is 3. The van der Waals surface area contributed by atoms with Crippen LogP contribution in [-0.2, 0) is 6.42 Å². The van der Waals surface area contributed by atoms with Gasteiger partial charge >= 0.3 is 0 Å². The lowest BCUT2D eigenvalue weighted by molar-refractivity contribution is 0.519. The summed E-state index contributed by atoms with van der Waals surface area (Å²) in [5.41, 5.74) is 4.07. The van der Waals surface area contributed by atoms with E-state index in [0.717, 1.165) is 11.6 Å². The van der Waals surface area contributed by atoms with Gasteiger partial charge in [0.05, 0.1) is 11.7 Å². The second-order valence-corrected chi connectivity index (χ2v) is 6.49. The molecule has 0 radical (unpaired) electrons. The zero-order valence-corrected chi connectivity index (χ0v) is 12.7. The molecule has 0 spiro atoms. The summed E-state index contributed by atoms with van der Waals surface area (Å²) < 4.78 is 2.39. The lowest BCUT2D eigenvalue weighted by Crippen LogP contribution is -2.14. The molecule has 1 N–H and O–H groups in total. The number of hydrogen-bond acceptors (Lipinski definition) is 2. The van der Waals surface area contributed by atoms with Crippen LogP contribution in [0.4, 0.5) is 5.95 Å². The minimum absolute atomic E-state index is 0.420. The Balaban J connectivity index is 1.60. The molecule has 1 fully saturated rings. The molecule has 21 heavy (non-hydrogen) atoms. The average Bonchev–Trinajstić information content (AvgIpc) is 3.20. The molecule has 1 aromatic heterocycles. The van der Waals surface area contributed by atoms with Crippen molar-refractivity contribution < 1.29 is 0 Å². The summed E-state index contributed by atoms with van der Waals surface area (Å²) >= 11 is 0. The van der Waals surface area contributed by atoms with Crippen molar-refractivity contribution >= 4 is 5.95 Å². The Hall–Kier alpha value is -1.77. The van der Waals surface area contributed by atoms with Crippen molar-refractivity contribution in [3.8, 4) is 0 Å². The van der Waals surface area contributed by atoms with Gasteiger partial charge < -0.3 is 9.88 Å². The summed E-state index contributed by atoms with van der Waals surface area (Å²) in [6.45, 7) is 2.10. The van der Waals surface area contributed by atoms with Crippen molar-refractivity contribution in [3.05, 3.63) is 47.3 Å². The molecule has 2 aliphatic rings. The lowest BCUT2D eigenvalue weighted by atomic mass is 10.1. The van der Waals surface area contributed by atoms with E-state index in [0.29, 0.717) is 12.1 Å². The van der Waals surface area contributed by atoms with E-state index in [-0.39, 0.29) is 0 Å². The van der Waals surface area contributed by atoms with E-state index in [1.54, 1.807) is 0 Å². The van der Waals surface area contributed by atoms with E-state index in [4.69, 9.17) is 4.98 Å². The van der Waals surface area contributed by atoms with Crippen molar-refractivity contribution in [3.63, 3.8) is 0 Å². The average molecular weight is 281 g/mol. The highest BCUT2D eigenvalue weighted by Gasteiger charge is 2.25. The van der Waals surface area contributed by atoms with Gasteiger partial charge in [-0.2, -0.15) is 0 Å². The topological polar surface area (TPSA) is 29.9 Å². The first-order chi connectivity index (χ1) is 10.3.